The van der Waals surface area contributed by atoms with Gasteiger partial charge in [0, 0.05) is 35.3 Å². The van der Waals surface area contributed by atoms with E-state index in [1.807, 2.05) is 46.4 Å². The summed E-state index contributed by atoms with van der Waals surface area (Å²) in [5.41, 5.74) is 3.90. The summed E-state index contributed by atoms with van der Waals surface area (Å²) in [5.74, 6) is 0.586. The molecule has 4 aromatic heterocycles. The highest BCUT2D eigenvalue weighted by atomic mass is 32.1. The van der Waals surface area contributed by atoms with Crippen molar-refractivity contribution in [3.63, 3.8) is 0 Å². The number of aromatic nitrogens is 4. The van der Waals surface area contributed by atoms with E-state index in [2.05, 4.69) is 26.5 Å². The average molecular weight is 322 g/mol. The van der Waals surface area contributed by atoms with Crippen LogP contribution >= 0.6 is 11.3 Å². The van der Waals surface area contributed by atoms with Crippen LogP contribution in [0.1, 0.15) is 5.69 Å². The van der Waals surface area contributed by atoms with Crippen molar-refractivity contribution in [2.24, 2.45) is 0 Å². The molecule has 0 aromatic carbocycles. The second-order valence-corrected chi connectivity index (χ2v) is 5.80. The summed E-state index contributed by atoms with van der Waals surface area (Å²) in [6.45, 7) is 0.540. The topological polar surface area (TPSA) is 52.3 Å². The van der Waals surface area contributed by atoms with Crippen molar-refractivity contribution in [1.82, 2.24) is 19.6 Å². The van der Waals surface area contributed by atoms with Crippen LogP contribution in [0.2, 0.25) is 0 Å². The molecular weight excluding hydrogens is 308 g/mol. The summed E-state index contributed by atoms with van der Waals surface area (Å²) in [7, 11) is 0. The molecule has 0 bridgehead atoms. The minimum absolute atomic E-state index is 0.540. The summed E-state index contributed by atoms with van der Waals surface area (Å²) >= 11 is 1.65. The third-order valence-electron chi connectivity index (χ3n) is 3.49. The van der Waals surface area contributed by atoms with Gasteiger partial charge in [0.05, 0.1) is 18.5 Å². The van der Waals surface area contributed by atoms with Crippen molar-refractivity contribution in [1.29, 1.82) is 0 Å². The third kappa shape index (κ3) is 2.93. The van der Waals surface area contributed by atoms with Gasteiger partial charge in [-0.25, -0.2) is 9.50 Å². The van der Waals surface area contributed by atoms with Gasteiger partial charge in [0.1, 0.15) is 0 Å². The molecule has 4 aromatic rings. The number of imidazole rings is 1. The Labute approximate surface area is 137 Å². The van der Waals surface area contributed by atoms with Gasteiger partial charge in [-0.15, -0.1) is 5.10 Å². The summed E-state index contributed by atoms with van der Waals surface area (Å²) in [6, 6.07) is 11.7. The van der Waals surface area contributed by atoms with Crippen LogP contribution in [0.5, 0.6) is 5.88 Å². The van der Waals surface area contributed by atoms with Crippen LogP contribution in [0.15, 0.2) is 59.6 Å². The van der Waals surface area contributed by atoms with Crippen molar-refractivity contribution in [3.05, 3.63) is 65.2 Å². The Hall–Kier alpha value is -2.73. The van der Waals surface area contributed by atoms with E-state index in [4.69, 9.17) is 4.74 Å². The molecule has 4 rings (SSSR count). The molecule has 0 aliphatic rings. The number of pyridine rings is 1. The molecule has 0 saturated carbocycles. The maximum Gasteiger partial charge on any atom is 0.231 e. The largest absolute Gasteiger partial charge is 0.476 e. The lowest BCUT2D eigenvalue weighted by molar-refractivity contribution is 0.303. The maximum atomic E-state index is 5.76. The second kappa shape index (κ2) is 6.18. The van der Waals surface area contributed by atoms with E-state index in [0.717, 1.165) is 29.0 Å². The van der Waals surface area contributed by atoms with Gasteiger partial charge in [0.2, 0.25) is 5.88 Å². The van der Waals surface area contributed by atoms with Gasteiger partial charge in [-0.05, 0) is 29.6 Å². The highest BCUT2D eigenvalue weighted by Gasteiger charge is 2.08. The molecule has 0 atom stereocenters. The zero-order chi connectivity index (χ0) is 15.5. The van der Waals surface area contributed by atoms with Crippen LogP contribution in [-0.4, -0.2) is 26.2 Å². The van der Waals surface area contributed by atoms with E-state index in [0.29, 0.717) is 12.5 Å². The Bertz CT molecular complexity index is 903. The normalized spacial score (nSPS) is 11.0. The second-order valence-electron chi connectivity index (χ2n) is 5.02. The van der Waals surface area contributed by atoms with Crippen LogP contribution in [0, 0.1) is 0 Å². The van der Waals surface area contributed by atoms with E-state index in [1.54, 1.807) is 17.5 Å². The molecule has 0 unspecified atom stereocenters. The average Bonchev–Trinajstić information content (AvgIpc) is 3.24. The van der Waals surface area contributed by atoms with Crippen molar-refractivity contribution in [3.8, 4) is 17.1 Å². The Morgan fingerprint density at radius 2 is 2.09 bits per heavy atom. The van der Waals surface area contributed by atoms with Crippen LogP contribution < -0.4 is 4.74 Å². The van der Waals surface area contributed by atoms with Gasteiger partial charge >= 0.3 is 0 Å². The number of fused-ring (bicyclic) bond motifs is 1. The molecule has 0 N–H and O–H groups in total. The summed E-state index contributed by atoms with van der Waals surface area (Å²) < 4.78 is 7.58. The Kier molecular flexibility index (Phi) is 3.73. The fourth-order valence-corrected chi connectivity index (χ4v) is 3.00. The van der Waals surface area contributed by atoms with Gasteiger partial charge < -0.3 is 4.74 Å². The minimum Gasteiger partial charge on any atom is -0.476 e. The first-order valence-electron chi connectivity index (χ1n) is 7.30. The first-order valence-corrected chi connectivity index (χ1v) is 8.24. The summed E-state index contributed by atoms with van der Waals surface area (Å²) in [6.07, 6.45) is 4.38. The lowest BCUT2D eigenvalue weighted by atomic mass is 10.3. The van der Waals surface area contributed by atoms with E-state index >= 15 is 0 Å². The van der Waals surface area contributed by atoms with Gasteiger partial charge in [0.25, 0.3) is 0 Å². The number of nitrogens with zero attached hydrogens (tertiary/aromatic N) is 4. The third-order valence-corrected chi connectivity index (χ3v) is 4.17. The SMILES string of the molecule is c1ccc(CCOc2ccc3ncc(-c4ccsc4)n3n2)nc1. The number of hydrogen-bond acceptors (Lipinski definition) is 5. The Morgan fingerprint density at radius 1 is 1.09 bits per heavy atom. The first-order chi connectivity index (χ1) is 11.4. The van der Waals surface area contributed by atoms with Crippen LogP contribution in [0.3, 0.4) is 0 Å². The van der Waals surface area contributed by atoms with Crippen LogP contribution in [-0.2, 0) is 6.42 Å². The zero-order valence-corrected chi connectivity index (χ0v) is 13.1. The monoisotopic (exact) mass is 322 g/mol. The number of thiophene rings is 1. The van der Waals surface area contributed by atoms with E-state index in [1.165, 1.54) is 0 Å². The zero-order valence-electron chi connectivity index (χ0n) is 12.3. The molecule has 114 valence electrons. The highest BCUT2D eigenvalue weighted by molar-refractivity contribution is 7.08. The molecule has 0 fully saturated rings. The van der Waals surface area contributed by atoms with Gasteiger partial charge in [0.15, 0.2) is 5.65 Å². The van der Waals surface area contributed by atoms with Crippen molar-refractivity contribution in [2.45, 2.75) is 6.42 Å². The Morgan fingerprint density at radius 3 is 2.91 bits per heavy atom. The Balaban J connectivity index is 1.53. The fraction of sp³-hybridized carbons (Fsp3) is 0.118. The molecule has 0 aliphatic heterocycles. The number of hydrogen-bond donors (Lipinski definition) is 0. The number of ether oxygens (including phenoxy) is 1. The fourth-order valence-electron chi connectivity index (χ4n) is 2.35. The predicted molar refractivity (Wildman–Crippen MR) is 89.7 cm³/mol. The smallest absolute Gasteiger partial charge is 0.231 e. The standard InChI is InChI=1S/C17H14N4OS/c1-2-8-18-14(3-1)6-9-22-17-5-4-16-19-11-15(21(16)20-17)13-7-10-23-12-13/h1-5,7-8,10-12H,6,9H2. The van der Waals surface area contributed by atoms with Gasteiger partial charge in [-0.1, -0.05) is 6.07 Å². The van der Waals surface area contributed by atoms with Crippen molar-refractivity contribution < 1.29 is 4.74 Å². The van der Waals surface area contributed by atoms with Crippen molar-refractivity contribution >= 4 is 17.0 Å². The highest BCUT2D eigenvalue weighted by Crippen LogP contribution is 2.23. The molecule has 5 nitrogen and oxygen atoms in total. The maximum absolute atomic E-state index is 5.76. The van der Waals surface area contributed by atoms with Crippen molar-refractivity contribution in [2.75, 3.05) is 6.61 Å². The lowest BCUT2D eigenvalue weighted by Gasteiger charge is -2.06. The van der Waals surface area contributed by atoms with E-state index in [-0.39, 0.29) is 0 Å². The molecule has 0 radical (unpaired) electrons. The molecule has 4 heterocycles. The summed E-state index contributed by atoms with van der Waals surface area (Å²) in [5, 5.41) is 8.67. The summed E-state index contributed by atoms with van der Waals surface area (Å²) in [4.78, 5) is 8.67. The molecule has 0 saturated heterocycles. The minimum atomic E-state index is 0.540. The van der Waals surface area contributed by atoms with E-state index in [9.17, 15) is 0 Å². The molecule has 0 amide bonds. The molecular formula is C17H14N4OS. The molecule has 0 spiro atoms. The molecule has 23 heavy (non-hydrogen) atoms. The first kappa shape index (κ1) is 13.9. The predicted octanol–water partition coefficient (Wildman–Crippen LogP) is 3.47. The molecule has 0 aliphatic carbocycles. The lowest BCUT2D eigenvalue weighted by Crippen LogP contribution is -2.05. The van der Waals surface area contributed by atoms with E-state index < -0.39 is 0 Å². The number of rotatable bonds is 5. The van der Waals surface area contributed by atoms with Crippen LogP contribution in [0.4, 0.5) is 0 Å². The van der Waals surface area contributed by atoms with Gasteiger partial charge in [-0.3, -0.25) is 4.98 Å². The van der Waals surface area contributed by atoms with Gasteiger partial charge in [-0.2, -0.15) is 11.3 Å². The quantitative estimate of drug-likeness (QED) is 0.564. The molecule has 6 heteroatoms. The van der Waals surface area contributed by atoms with Crippen LogP contribution in [0.25, 0.3) is 16.9 Å².